The molecule has 2 heterocycles. The molecule has 1 aromatic heterocycles. The number of rotatable bonds is 6. The van der Waals surface area contributed by atoms with Crippen LogP contribution in [0.2, 0.25) is 0 Å². The van der Waals surface area contributed by atoms with Gasteiger partial charge in [0.2, 0.25) is 5.91 Å². The first kappa shape index (κ1) is 18.6. The van der Waals surface area contributed by atoms with Crippen LogP contribution in [0.25, 0.3) is 0 Å². The van der Waals surface area contributed by atoms with Crippen molar-refractivity contribution < 1.29 is 9.59 Å². The highest BCUT2D eigenvalue weighted by Crippen LogP contribution is 2.14. The van der Waals surface area contributed by atoms with Gasteiger partial charge in [-0.05, 0) is 35.7 Å². The molecule has 2 aromatic rings. The summed E-state index contributed by atoms with van der Waals surface area (Å²) < 4.78 is 0. The number of carbonyl (C=O) groups excluding carboxylic acids is 2. The van der Waals surface area contributed by atoms with Crippen LogP contribution in [0.1, 0.15) is 15.2 Å². The van der Waals surface area contributed by atoms with E-state index in [0.29, 0.717) is 17.8 Å². The van der Waals surface area contributed by atoms with Crippen LogP contribution in [-0.2, 0) is 11.3 Å². The van der Waals surface area contributed by atoms with Gasteiger partial charge in [-0.15, -0.1) is 11.3 Å². The highest BCUT2D eigenvalue weighted by atomic mass is 32.1. The van der Waals surface area contributed by atoms with Crippen LogP contribution in [0.4, 0.5) is 5.69 Å². The Labute approximate surface area is 157 Å². The van der Waals surface area contributed by atoms with Crippen molar-refractivity contribution >= 4 is 28.8 Å². The highest BCUT2D eigenvalue weighted by Gasteiger charge is 2.19. The molecular weight excluding hydrogens is 348 g/mol. The van der Waals surface area contributed by atoms with Gasteiger partial charge in [0.15, 0.2) is 0 Å². The maximum atomic E-state index is 12.2. The molecule has 1 saturated heterocycles. The first-order valence-electron chi connectivity index (χ1n) is 8.73. The van der Waals surface area contributed by atoms with E-state index in [1.165, 1.54) is 4.88 Å². The number of anilines is 1. The Morgan fingerprint density at radius 1 is 1.04 bits per heavy atom. The highest BCUT2D eigenvalue weighted by molar-refractivity contribution is 7.09. The van der Waals surface area contributed by atoms with Gasteiger partial charge in [-0.2, -0.15) is 0 Å². The molecule has 2 amide bonds. The summed E-state index contributed by atoms with van der Waals surface area (Å²) >= 11 is 1.79. The van der Waals surface area contributed by atoms with E-state index in [-0.39, 0.29) is 11.8 Å². The SMILES string of the molecule is CNC(=O)c1ccc(NC(=O)CN2CCN(Cc3cccs3)CC2)cc1. The van der Waals surface area contributed by atoms with E-state index in [0.717, 1.165) is 32.7 Å². The molecule has 7 heteroatoms. The quantitative estimate of drug-likeness (QED) is 0.812. The van der Waals surface area contributed by atoms with E-state index in [1.807, 2.05) is 0 Å². The zero-order chi connectivity index (χ0) is 18.4. The van der Waals surface area contributed by atoms with Crippen LogP contribution in [0.15, 0.2) is 41.8 Å². The molecule has 1 aliphatic rings. The Bertz CT molecular complexity index is 723. The minimum Gasteiger partial charge on any atom is -0.355 e. The van der Waals surface area contributed by atoms with Crippen molar-refractivity contribution in [1.29, 1.82) is 0 Å². The van der Waals surface area contributed by atoms with Gasteiger partial charge in [-0.1, -0.05) is 6.07 Å². The third kappa shape index (κ3) is 5.14. The molecule has 3 rings (SSSR count). The van der Waals surface area contributed by atoms with E-state index in [2.05, 4.69) is 37.9 Å². The molecule has 26 heavy (non-hydrogen) atoms. The Balaban J connectivity index is 1.42. The van der Waals surface area contributed by atoms with Gasteiger partial charge < -0.3 is 10.6 Å². The van der Waals surface area contributed by atoms with Crippen LogP contribution in [0, 0.1) is 0 Å². The minimum atomic E-state index is -0.136. The summed E-state index contributed by atoms with van der Waals surface area (Å²) in [5.41, 5.74) is 1.28. The second kappa shape index (κ2) is 8.93. The number of hydrogen-bond acceptors (Lipinski definition) is 5. The number of hydrogen-bond donors (Lipinski definition) is 2. The summed E-state index contributed by atoms with van der Waals surface area (Å²) in [6.07, 6.45) is 0. The summed E-state index contributed by atoms with van der Waals surface area (Å²) in [7, 11) is 1.60. The lowest BCUT2D eigenvalue weighted by molar-refractivity contribution is -0.117. The zero-order valence-electron chi connectivity index (χ0n) is 14.9. The largest absolute Gasteiger partial charge is 0.355 e. The number of amides is 2. The maximum Gasteiger partial charge on any atom is 0.251 e. The van der Waals surface area contributed by atoms with Gasteiger partial charge >= 0.3 is 0 Å². The monoisotopic (exact) mass is 372 g/mol. The van der Waals surface area contributed by atoms with Gasteiger partial charge in [-0.25, -0.2) is 0 Å². The second-order valence-corrected chi connectivity index (χ2v) is 7.37. The number of benzene rings is 1. The van der Waals surface area contributed by atoms with Crippen LogP contribution in [0.3, 0.4) is 0 Å². The Hall–Kier alpha value is -2.22. The zero-order valence-corrected chi connectivity index (χ0v) is 15.7. The smallest absolute Gasteiger partial charge is 0.251 e. The van der Waals surface area contributed by atoms with Gasteiger partial charge in [0.05, 0.1) is 6.54 Å². The van der Waals surface area contributed by atoms with E-state index in [1.54, 1.807) is 42.6 Å². The lowest BCUT2D eigenvalue weighted by Crippen LogP contribution is -2.48. The lowest BCUT2D eigenvalue weighted by atomic mass is 10.2. The van der Waals surface area contributed by atoms with E-state index in [9.17, 15) is 9.59 Å². The van der Waals surface area contributed by atoms with E-state index in [4.69, 9.17) is 0 Å². The molecule has 2 N–H and O–H groups in total. The third-order valence-electron chi connectivity index (χ3n) is 4.45. The number of piperazine rings is 1. The van der Waals surface area contributed by atoms with Crippen molar-refractivity contribution in [2.45, 2.75) is 6.54 Å². The van der Waals surface area contributed by atoms with Gasteiger partial charge in [0.1, 0.15) is 0 Å². The van der Waals surface area contributed by atoms with E-state index >= 15 is 0 Å². The average Bonchev–Trinajstić information content (AvgIpc) is 3.16. The van der Waals surface area contributed by atoms with Crippen molar-refractivity contribution in [2.24, 2.45) is 0 Å². The summed E-state index contributed by atoms with van der Waals surface area (Å²) in [5.74, 6) is -0.160. The fraction of sp³-hybridized carbons (Fsp3) is 0.368. The molecule has 0 spiro atoms. The normalized spacial score (nSPS) is 15.6. The molecule has 138 valence electrons. The predicted molar refractivity (Wildman–Crippen MR) is 104 cm³/mol. The molecule has 0 radical (unpaired) electrons. The van der Waals surface area contributed by atoms with Gasteiger partial charge in [0.25, 0.3) is 5.91 Å². The minimum absolute atomic E-state index is 0.0237. The first-order chi connectivity index (χ1) is 12.6. The molecular formula is C19H24N4O2S. The van der Waals surface area contributed by atoms with Crippen molar-refractivity contribution in [1.82, 2.24) is 15.1 Å². The van der Waals surface area contributed by atoms with Crippen molar-refractivity contribution in [3.63, 3.8) is 0 Å². The fourth-order valence-electron chi connectivity index (χ4n) is 2.98. The molecule has 1 aliphatic heterocycles. The molecule has 1 fully saturated rings. The molecule has 6 nitrogen and oxygen atoms in total. The molecule has 0 atom stereocenters. The number of carbonyl (C=O) groups is 2. The predicted octanol–water partition coefficient (Wildman–Crippen LogP) is 1.86. The number of thiophene rings is 1. The maximum absolute atomic E-state index is 12.2. The van der Waals surface area contributed by atoms with Gasteiger partial charge in [0, 0.05) is 55.9 Å². The number of nitrogens with one attached hydrogen (secondary N) is 2. The number of nitrogens with zero attached hydrogens (tertiary/aromatic N) is 2. The second-order valence-electron chi connectivity index (χ2n) is 6.34. The topological polar surface area (TPSA) is 64.7 Å². The van der Waals surface area contributed by atoms with Crippen LogP contribution >= 0.6 is 11.3 Å². The molecule has 0 bridgehead atoms. The molecule has 1 aromatic carbocycles. The Morgan fingerprint density at radius 2 is 1.73 bits per heavy atom. The van der Waals surface area contributed by atoms with Crippen LogP contribution in [0.5, 0.6) is 0 Å². The van der Waals surface area contributed by atoms with Gasteiger partial charge in [-0.3, -0.25) is 19.4 Å². The standard InChI is InChI=1S/C19H24N4O2S/c1-20-19(25)15-4-6-16(7-5-15)21-18(24)14-23-10-8-22(9-11-23)13-17-3-2-12-26-17/h2-7,12H,8-11,13-14H2,1H3,(H,20,25)(H,21,24). The fourth-order valence-corrected chi connectivity index (χ4v) is 3.73. The average molecular weight is 372 g/mol. The summed E-state index contributed by atoms with van der Waals surface area (Å²) in [4.78, 5) is 29.8. The molecule has 0 unspecified atom stereocenters. The van der Waals surface area contributed by atoms with Crippen molar-refractivity contribution in [3.05, 3.63) is 52.2 Å². The summed E-state index contributed by atoms with van der Waals surface area (Å²) in [6.45, 7) is 5.14. The summed E-state index contributed by atoms with van der Waals surface area (Å²) in [6, 6.07) is 11.2. The lowest BCUT2D eigenvalue weighted by Gasteiger charge is -2.34. The third-order valence-corrected chi connectivity index (χ3v) is 5.31. The van der Waals surface area contributed by atoms with E-state index < -0.39 is 0 Å². The van der Waals surface area contributed by atoms with Crippen molar-refractivity contribution in [3.8, 4) is 0 Å². The van der Waals surface area contributed by atoms with Crippen molar-refractivity contribution in [2.75, 3.05) is 45.1 Å². The van der Waals surface area contributed by atoms with Crippen LogP contribution < -0.4 is 10.6 Å². The van der Waals surface area contributed by atoms with Crippen LogP contribution in [-0.4, -0.2) is 61.4 Å². The Morgan fingerprint density at radius 3 is 2.35 bits per heavy atom. The Kier molecular flexibility index (Phi) is 6.38. The molecule has 0 saturated carbocycles. The summed E-state index contributed by atoms with van der Waals surface area (Å²) in [5, 5.41) is 7.58. The molecule has 0 aliphatic carbocycles. The first-order valence-corrected chi connectivity index (χ1v) is 9.61.